The van der Waals surface area contributed by atoms with E-state index in [1.54, 1.807) is 0 Å². The standard InChI is InChI=1S/C14H21N3O/c1-11-2-3-13(15-8-11)17-7-4-12(9-17)16-14(10-18)5-6-14/h2-3,8,12,16,18H,4-7,9-10H2,1H3. The summed E-state index contributed by atoms with van der Waals surface area (Å²) in [5.74, 6) is 1.07. The highest BCUT2D eigenvalue weighted by Gasteiger charge is 2.44. The molecule has 0 amide bonds. The van der Waals surface area contributed by atoms with Crippen LogP contribution in [0.3, 0.4) is 0 Å². The molecule has 1 saturated carbocycles. The second-order valence-electron chi connectivity index (χ2n) is 5.71. The molecule has 0 radical (unpaired) electrons. The third kappa shape index (κ3) is 2.35. The van der Waals surface area contributed by atoms with Crippen LogP contribution < -0.4 is 10.2 Å². The van der Waals surface area contributed by atoms with Gasteiger partial charge in [-0.15, -0.1) is 0 Å². The van der Waals surface area contributed by atoms with Crippen LogP contribution >= 0.6 is 0 Å². The maximum atomic E-state index is 9.34. The van der Waals surface area contributed by atoms with Crippen molar-refractivity contribution in [1.82, 2.24) is 10.3 Å². The number of rotatable bonds is 4. The lowest BCUT2D eigenvalue weighted by Gasteiger charge is -2.21. The van der Waals surface area contributed by atoms with Crippen LogP contribution in [0.5, 0.6) is 0 Å². The van der Waals surface area contributed by atoms with Crippen molar-refractivity contribution in [2.75, 3.05) is 24.6 Å². The molecule has 1 aromatic rings. The smallest absolute Gasteiger partial charge is 0.128 e. The Balaban J connectivity index is 1.59. The molecule has 4 nitrogen and oxygen atoms in total. The van der Waals surface area contributed by atoms with Gasteiger partial charge in [-0.3, -0.25) is 0 Å². The number of pyridine rings is 1. The first-order chi connectivity index (χ1) is 8.71. The molecular formula is C14H21N3O. The SMILES string of the molecule is Cc1ccc(N2CCC(NC3(CO)CC3)C2)nc1. The Morgan fingerprint density at radius 1 is 1.50 bits per heavy atom. The lowest BCUT2D eigenvalue weighted by Crippen LogP contribution is -2.44. The van der Waals surface area contributed by atoms with E-state index in [1.807, 2.05) is 6.20 Å². The average molecular weight is 247 g/mol. The minimum Gasteiger partial charge on any atom is -0.394 e. The van der Waals surface area contributed by atoms with E-state index >= 15 is 0 Å². The Kier molecular flexibility index (Phi) is 2.99. The molecule has 2 fully saturated rings. The lowest BCUT2D eigenvalue weighted by molar-refractivity contribution is 0.220. The van der Waals surface area contributed by atoms with E-state index in [9.17, 15) is 5.11 Å². The Labute approximate surface area is 108 Å². The third-order valence-corrected chi connectivity index (χ3v) is 4.07. The quantitative estimate of drug-likeness (QED) is 0.836. The van der Waals surface area contributed by atoms with Gasteiger partial charge in [0.25, 0.3) is 0 Å². The topological polar surface area (TPSA) is 48.4 Å². The van der Waals surface area contributed by atoms with Gasteiger partial charge >= 0.3 is 0 Å². The summed E-state index contributed by atoms with van der Waals surface area (Å²) < 4.78 is 0. The van der Waals surface area contributed by atoms with Crippen molar-refractivity contribution < 1.29 is 5.11 Å². The summed E-state index contributed by atoms with van der Waals surface area (Å²) in [6.45, 7) is 4.38. The van der Waals surface area contributed by atoms with Gasteiger partial charge in [0.15, 0.2) is 0 Å². The van der Waals surface area contributed by atoms with Crippen molar-refractivity contribution in [3.8, 4) is 0 Å². The Morgan fingerprint density at radius 2 is 2.33 bits per heavy atom. The number of aryl methyl sites for hydroxylation is 1. The number of anilines is 1. The van der Waals surface area contributed by atoms with E-state index < -0.39 is 0 Å². The zero-order valence-electron chi connectivity index (χ0n) is 10.9. The van der Waals surface area contributed by atoms with Crippen LogP contribution in [-0.2, 0) is 0 Å². The monoisotopic (exact) mass is 247 g/mol. The highest BCUT2D eigenvalue weighted by molar-refractivity contribution is 5.40. The fraction of sp³-hybridized carbons (Fsp3) is 0.643. The zero-order valence-corrected chi connectivity index (χ0v) is 10.9. The fourth-order valence-corrected chi connectivity index (χ4v) is 2.67. The molecule has 3 rings (SSSR count). The van der Waals surface area contributed by atoms with Crippen molar-refractivity contribution in [3.63, 3.8) is 0 Å². The van der Waals surface area contributed by atoms with E-state index in [2.05, 4.69) is 34.3 Å². The molecule has 2 heterocycles. The van der Waals surface area contributed by atoms with E-state index in [0.717, 1.165) is 38.2 Å². The number of nitrogens with zero attached hydrogens (tertiary/aromatic N) is 2. The second kappa shape index (κ2) is 4.52. The number of aromatic nitrogens is 1. The molecule has 1 atom stereocenters. The molecular weight excluding hydrogens is 226 g/mol. The molecule has 2 N–H and O–H groups in total. The number of aliphatic hydroxyl groups excluding tert-OH is 1. The molecule has 1 saturated heterocycles. The van der Waals surface area contributed by atoms with Crippen LogP contribution in [0, 0.1) is 6.92 Å². The molecule has 98 valence electrons. The highest BCUT2D eigenvalue weighted by Crippen LogP contribution is 2.36. The van der Waals surface area contributed by atoms with Gasteiger partial charge in [-0.1, -0.05) is 6.07 Å². The normalized spacial score (nSPS) is 25.4. The van der Waals surface area contributed by atoms with E-state index in [0.29, 0.717) is 6.04 Å². The first-order valence-corrected chi connectivity index (χ1v) is 6.77. The van der Waals surface area contributed by atoms with E-state index in [-0.39, 0.29) is 12.1 Å². The molecule has 1 aliphatic carbocycles. The average Bonchev–Trinajstić information content (AvgIpc) is 3.00. The summed E-state index contributed by atoms with van der Waals surface area (Å²) >= 11 is 0. The van der Waals surface area contributed by atoms with Gasteiger partial charge in [-0.2, -0.15) is 0 Å². The van der Waals surface area contributed by atoms with Gasteiger partial charge in [0.2, 0.25) is 0 Å². The first kappa shape index (κ1) is 11.9. The summed E-state index contributed by atoms with van der Waals surface area (Å²) in [7, 11) is 0. The molecule has 0 bridgehead atoms. The predicted molar refractivity (Wildman–Crippen MR) is 71.8 cm³/mol. The molecule has 0 spiro atoms. The van der Waals surface area contributed by atoms with Gasteiger partial charge < -0.3 is 15.3 Å². The Morgan fingerprint density at radius 3 is 2.94 bits per heavy atom. The van der Waals surface area contributed by atoms with Crippen LogP contribution in [0.2, 0.25) is 0 Å². The van der Waals surface area contributed by atoms with Crippen molar-refractivity contribution in [2.45, 2.75) is 37.8 Å². The number of nitrogens with one attached hydrogen (secondary N) is 1. The third-order valence-electron chi connectivity index (χ3n) is 4.07. The van der Waals surface area contributed by atoms with Crippen LogP contribution in [0.15, 0.2) is 18.3 Å². The summed E-state index contributed by atoms with van der Waals surface area (Å²) in [6.07, 6.45) is 5.29. The van der Waals surface area contributed by atoms with Crippen LogP contribution in [0.1, 0.15) is 24.8 Å². The second-order valence-corrected chi connectivity index (χ2v) is 5.71. The minimum atomic E-state index is 0.0430. The van der Waals surface area contributed by atoms with Crippen LogP contribution in [0.4, 0.5) is 5.82 Å². The molecule has 1 aliphatic heterocycles. The van der Waals surface area contributed by atoms with Crippen molar-refractivity contribution >= 4 is 5.82 Å². The lowest BCUT2D eigenvalue weighted by atomic mass is 10.2. The highest BCUT2D eigenvalue weighted by atomic mass is 16.3. The maximum Gasteiger partial charge on any atom is 0.128 e. The number of aliphatic hydroxyl groups is 1. The van der Waals surface area contributed by atoms with Gasteiger partial charge in [-0.05, 0) is 37.8 Å². The molecule has 1 aromatic heterocycles. The molecule has 4 heteroatoms. The van der Waals surface area contributed by atoms with Gasteiger partial charge in [-0.25, -0.2) is 4.98 Å². The Hall–Kier alpha value is -1.13. The summed E-state index contributed by atoms with van der Waals surface area (Å²) in [6, 6.07) is 4.69. The van der Waals surface area contributed by atoms with Crippen LogP contribution in [-0.4, -0.2) is 41.4 Å². The predicted octanol–water partition coefficient (Wildman–Crippen LogP) is 1.08. The zero-order chi connectivity index (χ0) is 12.6. The minimum absolute atomic E-state index is 0.0430. The summed E-state index contributed by atoms with van der Waals surface area (Å²) in [5.41, 5.74) is 1.24. The number of hydrogen-bond donors (Lipinski definition) is 2. The van der Waals surface area contributed by atoms with Crippen molar-refractivity contribution in [2.24, 2.45) is 0 Å². The first-order valence-electron chi connectivity index (χ1n) is 6.77. The largest absolute Gasteiger partial charge is 0.394 e. The van der Waals surface area contributed by atoms with Gasteiger partial charge in [0, 0.05) is 30.9 Å². The number of hydrogen-bond acceptors (Lipinski definition) is 4. The summed E-state index contributed by atoms with van der Waals surface area (Å²) in [4.78, 5) is 6.80. The molecule has 2 aliphatic rings. The summed E-state index contributed by atoms with van der Waals surface area (Å²) in [5, 5.41) is 12.9. The van der Waals surface area contributed by atoms with Crippen LogP contribution in [0.25, 0.3) is 0 Å². The van der Waals surface area contributed by atoms with E-state index in [1.165, 1.54) is 5.56 Å². The molecule has 0 aromatic carbocycles. The fourth-order valence-electron chi connectivity index (χ4n) is 2.67. The molecule has 18 heavy (non-hydrogen) atoms. The maximum absolute atomic E-state index is 9.34. The van der Waals surface area contributed by atoms with Gasteiger partial charge in [0.05, 0.1) is 6.61 Å². The Bertz CT molecular complexity index is 414. The van der Waals surface area contributed by atoms with Crippen molar-refractivity contribution in [1.29, 1.82) is 0 Å². The molecule has 1 unspecified atom stereocenters. The van der Waals surface area contributed by atoms with Gasteiger partial charge in [0.1, 0.15) is 5.82 Å². The van der Waals surface area contributed by atoms with E-state index in [4.69, 9.17) is 0 Å². The van der Waals surface area contributed by atoms with Crippen molar-refractivity contribution in [3.05, 3.63) is 23.9 Å².